The van der Waals surface area contributed by atoms with Gasteiger partial charge in [-0.1, -0.05) is 13.8 Å². The number of anilines is 1. The summed E-state index contributed by atoms with van der Waals surface area (Å²) in [5.41, 5.74) is 6.55. The van der Waals surface area contributed by atoms with Crippen LogP contribution in [0, 0.1) is 11.3 Å². The molecule has 0 aliphatic heterocycles. The number of esters is 1. The highest BCUT2D eigenvalue weighted by Crippen LogP contribution is 2.26. The van der Waals surface area contributed by atoms with Crippen LogP contribution in [0.25, 0.3) is 5.69 Å². The highest BCUT2D eigenvalue weighted by atomic mass is 32.2. The second-order valence-electron chi connectivity index (χ2n) is 6.18. The first-order valence-electron chi connectivity index (χ1n) is 8.91. The van der Waals surface area contributed by atoms with Crippen molar-refractivity contribution in [1.82, 2.24) is 8.87 Å². The Morgan fingerprint density at radius 3 is 2.25 bits per heavy atom. The third-order valence-electron chi connectivity index (χ3n) is 4.24. The Balaban J connectivity index is 2.48. The molecule has 0 saturated heterocycles. The third kappa shape index (κ3) is 4.03. The van der Waals surface area contributed by atoms with Gasteiger partial charge < -0.3 is 15.0 Å². The van der Waals surface area contributed by atoms with Gasteiger partial charge in [0.25, 0.3) is 0 Å². The Labute approximate surface area is 165 Å². The Hall–Kier alpha value is -2.83. The number of benzene rings is 1. The van der Waals surface area contributed by atoms with E-state index in [0.717, 1.165) is 12.8 Å². The topological polar surface area (TPSA) is 118 Å². The van der Waals surface area contributed by atoms with E-state index in [4.69, 9.17) is 10.5 Å². The molecule has 9 heteroatoms. The molecular formula is C19H24N4O4S. The van der Waals surface area contributed by atoms with E-state index >= 15 is 0 Å². The van der Waals surface area contributed by atoms with Gasteiger partial charge >= 0.3 is 5.97 Å². The van der Waals surface area contributed by atoms with Crippen molar-refractivity contribution in [1.29, 1.82) is 5.26 Å². The smallest absolute Gasteiger partial charge is 0.357 e. The maximum atomic E-state index is 12.9. The lowest BCUT2D eigenvalue weighted by atomic mass is 10.2. The van der Waals surface area contributed by atoms with Crippen LogP contribution in [0.2, 0.25) is 0 Å². The summed E-state index contributed by atoms with van der Waals surface area (Å²) in [6, 6.07) is 8.02. The average Bonchev–Trinajstić information content (AvgIpc) is 3.03. The van der Waals surface area contributed by atoms with E-state index in [9.17, 15) is 18.5 Å². The molecule has 0 saturated carbocycles. The molecule has 8 nitrogen and oxygen atoms in total. The fraction of sp³-hybridized carbons (Fsp3) is 0.368. The van der Waals surface area contributed by atoms with Gasteiger partial charge in [0.2, 0.25) is 10.0 Å². The number of aromatic nitrogens is 1. The highest BCUT2D eigenvalue weighted by Gasteiger charge is 2.24. The highest BCUT2D eigenvalue weighted by molar-refractivity contribution is 7.89. The van der Waals surface area contributed by atoms with E-state index in [-0.39, 0.29) is 21.8 Å². The van der Waals surface area contributed by atoms with Crippen LogP contribution in [0.1, 0.15) is 42.7 Å². The normalized spacial score (nSPS) is 11.4. The summed E-state index contributed by atoms with van der Waals surface area (Å²) in [5.74, 6) is -0.687. The van der Waals surface area contributed by atoms with Gasteiger partial charge in [0, 0.05) is 25.0 Å². The molecule has 0 bridgehead atoms. The Morgan fingerprint density at radius 1 is 1.21 bits per heavy atom. The van der Waals surface area contributed by atoms with Gasteiger partial charge in [-0.15, -0.1) is 0 Å². The van der Waals surface area contributed by atoms with Crippen LogP contribution in [0.5, 0.6) is 0 Å². The summed E-state index contributed by atoms with van der Waals surface area (Å²) in [6.45, 7) is 4.76. The van der Waals surface area contributed by atoms with E-state index in [0.29, 0.717) is 18.8 Å². The molecule has 1 aromatic carbocycles. The number of nitrogen functional groups attached to an aromatic ring is 1. The minimum atomic E-state index is -3.61. The third-order valence-corrected chi connectivity index (χ3v) is 6.16. The van der Waals surface area contributed by atoms with Gasteiger partial charge in [-0.3, -0.25) is 0 Å². The number of carbonyl (C=O) groups is 1. The summed E-state index contributed by atoms with van der Waals surface area (Å²) < 4.78 is 33.4. The summed E-state index contributed by atoms with van der Waals surface area (Å²) in [5, 5.41) is 9.19. The van der Waals surface area contributed by atoms with Crippen molar-refractivity contribution in [3.05, 3.63) is 41.7 Å². The van der Waals surface area contributed by atoms with Crippen molar-refractivity contribution in [2.75, 3.05) is 25.9 Å². The van der Waals surface area contributed by atoms with Gasteiger partial charge in [-0.2, -0.15) is 9.57 Å². The molecule has 0 fully saturated rings. The fourth-order valence-electron chi connectivity index (χ4n) is 2.90. The first-order valence-corrected chi connectivity index (χ1v) is 10.4. The van der Waals surface area contributed by atoms with Gasteiger partial charge in [-0.05, 0) is 37.1 Å². The zero-order chi connectivity index (χ0) is 20.9. The zero-order valence-corrected chi connectivity index (χ0v) is 17.0. The molecule has 0 radical (unpaired) electrons. The molecule has 0 aliphatic carbocycles. The van der Waals surface area contributed by atoms with Gasteiger partial charge in [0.1, 0.15) is 6.07 Å². The van der Waals surface area contributed by atoms with Crippen LogP contribution >= 0.6 is 0 Å². The van der Waals surface area contributed by atoms with Crippen molar-refractivity contribution < 1.29 is 17.9 Å². The van der Waals surface area contributed by atoms with Gasteiger partial charge in [0.15, 0.2) is 5.69 Å². The molecule has 1 heterocycles. The Kier molecular flexibility index (Phi) is 6.83. The standard InChI is InChI=1S/C19H24N4O4S/c1-4-10-22(11-5-2)28(25,26)16-8-6-15(7-9-16)23-13-14(12-20)17(21)18(23)19(24)27-3/h6-9,13H,4-5,10-11,21H2,1-3H3. The predicted octanol–water partition coefficient (Wildman–Crippen LogP) is 2.53. The molecular weight excluding hydrogens is 380 g/mol. The second-order valence-corrected chi connectivity index (χ2v) is 8.11. The first kappa shape index (κ1) is 21.5. The lowest BCUT2D eigenvalue weighted by Crippen LogP contribution is -2.32. The number of methoxy groups -OCH3 is 1. The predicted molar refractivity (Wildman–Crippen MR) is 106 cm³/mol. The largest absolute Gasteiger partial charge is 0.464 e. The molecule has 150 valence electrons. The molecule has 2 N–H and O–H groups in total. The first-order chi connectivity index (χ1) is 13.3. The van der Waals surface area contributed by atoms with E-state index < -0.39 is 16.0 Å². The second kappa shape index (κ2) is 8.91. The fourth-order valence-corrected chi connectivity index (χ4v) is 4.52. The molecule has 0 unspecified atom stereocenters. The molecule has 28 heavy (non-hydrogen) atoms. The number of rotatable bonds is 8. The van der Waals surface area contributed by atoms with Gasteiger partial charge in [-0.25, -0.2) is 13.2 Å². The monoisotopic (exact) mass is 404 g/mol. The average molecular weight is 404 g/mol. The summed E-state index contributed by atoms with van der Waals surface area (Å²) in [4.78, 5) is 12.2. The quantitative estimate of drug-likeness (QED) is 0.675. The number of nitrogens with zero attached hydrogens (tertiary/aromatic N) is 3. The molecule has 1 aromatic heterocycles. The number of carbonyl (C=O) groups excluding carboxylic acids is 1. The van der Waals surface area contributed by atoms with E-state index in [2.05, 4.69) is 0 Å². The number of sulfonamides is 1. The van der Waals surface area contributed by atoms with Crippen LogP contribution in [0.4, 0.5) is 5.69 Å². The number of hydrogen-bond acceptors (Lipinski definition) is 6. The number of nitrogens with two attached hydrogens (primary N) is 1. The van der Waals surface area contributed by atoms with E-state index in [1.807, 2.05) is 19.9 Å². The molecule has 0 amide bonds. The minimum Gasteiger partial charge on any atom is -0.464 e. The zero-order valence-electron chi connectivity index (χ0n) is 16.2. The number of ether oxygens (including phenoxy) is 1. The van der Waals surface area contributed by atoms with Crippen molar-refractivity contribution in [2.24, 2.45) is 0 Å². The van der Waals surface area contributed by atoms with Crippen LogP contribution < -0.4 is 5.73 Å². The molecule has 0 aliphatic rings. The summed E-state index contributed by atoms with van der Waals surface area (Å²) >= 11 is 0. The maximum Gasteiger partial charge on any atom is 0.357 e. The van der Waals surface area contributed by atoms with Crippen molar-refractivity contribution in [3.63, 3.8) is 0 Å². The molecule has 2 rings (SSSR count). The minimum absolute atomic E-state index is 0.0168. The SMILES string of the molecule is CCCN(CCC)S(=O)(=O)c1ccc(-n2cc(C#N)c(N)c2C(=O)OC)cc1. The van der Waals surface area contributed by atoms with Crippen LogP contribution in [-0.4, -0.2) is 43.5 Å². The van der Waals surface area contributed by atoms with Crippen molar-refractivity contribution in [2.45, 2.75) is 31.6 Å². The van der Waals surface area contributed by atoms with Crippen LogP contribution in [-0.2, 0) is 14.8 Å². The lowest BCUT2D eigenvalue weighted by molar-refractivity contribution is 0.0593. The van der Waals surface area contributed by atoms with Crippen molar-refractivity contribution >= 4 is 21.7 Å². The number of hydrogen-bond donors (Lipinski definition) is 1. The molecule has 0 atom stereocenters. The van der Waals surface area contributed by atoms with E-state index in [1.54, 1.807) is 12.1 Å². The summed E-state index contributed by atoms with van der Waals surface area (Å²) in [6.07, 6.45) is 2.87. The van der Waals surface area contributed by atoms with Crippen LogP contribution in [0.15, 0.2) is 35.4 Å². The Bertz CT molecular complexity index is 982. The van der Waals surface area contributed by atoms with Crippen molar-refractivity contribution in [3.8, 4) is 11.8 Å². The van der Waals surface area contributed by atoms with Crippen LogP contribution in [0.3, 0.4) is 0 Å². The number of nitriles is 1. The van der Waals surface area contributed by atoms with E-state index in [1.165, 1.54) is 34.3 Å². The molecule has 2 aromatic rings. The Morgan fingerprint density at radius 2 is 1.79 bits per heavy atom. The molecule has 0 spiro atoms. The lowest BCUT2D eigenvalue weighted by Gasteiger charge is -2.21. The van der Waals surface area contributed by atoms with Gasteiger partial charge in [0.05, 0.1) is 23.3 Å². The summed E-state index contributed by atoms with van der Waals surface area (Å²) in [7, 11) is -2.39. The maximum absolute atomic E-state index is 12.9.